The highest BCUT2D eigenvalue weighted by molar-refractivity contribution is 9.10. The van der Waals surface area contributed by atoms with Crippen LogP contribution in [-0.2, 0) is 4.79 Å². The quantitative estimate of drug-likeness (QED) is 0.621. The van der Waals surface area contributed by atoms with Crippen molar-refractivity contribution in [3.05, 3.63) is 0 Å². The molecule has 0 aromatic heterocycles. The molecule has 0 bridgehead atoms. The zero-order chi connectivity index (χ0) is 11.7. The van der Waals surface area contributed by atoms with Gasteiger partial charge in [-0.1, -0.05) is 49.5 Å². The minimum absolute atomic E-state index is 0.00575. The van der Waals surface area contributed by atoms with Gasteiger partial charge in [-0.05, 0) is 19.3 Å². The molecule has 0 saturated heterocycles. The monoisotopic (exact) mass is 277 g/mol. The second kappa shape index (κ2) is 9.20. The Morgan fingerprint density at radius 3 is 1.93 bits per heavy atom. The van der Waals surface area contributed by atoms with Crippen molar-refractivity contribution in [2.75, 3.05) is 13.1 Å². The van der Waals surface area contributed by atoms with E-state index in [1.54, 1.807) is 0 Å². The summed E-state index contributed by atoms with van der Waals surface area (Å²) in [7, 11) is 0. The predicted octanol–water partition coefficient (Wildman–Crippen LogP) is 3.59. The Bertz CT molecular complexity index is 165. The number of rotatable bonds is 8. The van der Waals surface area contributed by atoms with Gasteiger partial charge in [-0.25, -0.2) is 0 Å². The van der Waals surface area contributed by atoms with Gasteiger partial charge in [0.15, 0.2) is 0 Å². The van der Waals surface area contributed by atoms with Gasteiger partial charge >= 0.3 is 0 Å². The van der Waals surface area contributed by atoms with Crippen molar-refractivity contribution in [3.63, 3.8) is 0 Å². The number of carbonyl (C=O) groups is 1. The summed E-state index contributed by atoms with van der Waals surface area (Å²) in [5.41, 5.74) is 0. The Labute approximate surface area is 103 Å². The average Bonchev–Trinajstić information content (AvgIpc) is 2.27. The standard InChI is InChI=1S/C12H24BrNO/c1-4-7-9-14(10-8-5-2)12(15)11(13)6-3/h11H,4-10H2,1-3H3. The van der Waals surface area contributed by atoms with Crippen molar-refractivity contribution in [2.45, 2.75) is 57.7 Å². The molecule has 0 N–H and O–H groups in total. The van der Waals surface area contributed by atoms with Gasteiger partial charge in [-0.2, -0.15) is 0 Å². The van der Waals surface area contributed by atoms with Gasteiger partial charge in [-0.15, -0.1) is 0 Å². The molecule has 0 aromatic carbocycles. The number of unbranched alkanes of at least 4 members (excludes halogenated alkanes) is 2. The lowest BCUT2D eigenvalue weighted by molar-refractivity contribution is -0.130. The van der Waals surface area contributed by atoms with Crippen LogP contribution >= 0.6 is 15.9 Å². The summed E-state index contributed by atoms with van der Waals surface area (Å²) in [6, 6.07) is 0. The highest BCUT2D eigenvalue weighted by Crippen LogP contribution is 2.11. The van der Waals surface area contributed by atoms with Crippen LogP contribution in [0.4, 0.5) is 0 Å². The topological polar surface area (TPSA) is 20.3 Å². The van der Waals surface area contributed by atoms with E-state index in [2.05, 4.69) is 29.8 Å². The molecule has 0 saturated carbocycles. The third kappa shape index (κ3) is 6.18. The molecule has 90 valence electrons. The second-order valence-corrected chi connectivity index (χ2v) is 5.01. The Balaban J connectivity index is 4.13. The van der Waals surface area contributed by atoms with Crippen molar-refractivity contribution < 1.29 is 4.79 Å². The van der Waals surface area contributed by atoms with Crippen LogP contribution in [0.5, 0.6) is 0 Å². The molecule has 0 radical (unpaired) electrons. The highest BCUT2D eigenvalue weighted by atomic mass is 79.9. The first-order valence-corrected chi connectivity index (χ1v) is 7.01. The Morgan fingerprint density at radius 2 is 1.60 bits per heavy atom. The smallest absolute Gasteiger partial charge is 0.236 e. The minimum Gasteiger partial charge on any atom is -0.342 e. The molecule has 3 heteroatoms. The molecular formula is C12H24BrNO. The van der Waals surface area contributed by atoms with E-state index >= 15 is 0 Å². The van der Waals surface area contributed by atoms with Crippen LogP contribution in [0.2, 0.25) is 0 Å². The number of hydrogen-bond donors (Lipinski definition) is 0. The predicted molar refractivity (Wildman–Crippen MR) is 69.4 cm³/mol. The molecule has 0 aliphatic rings. The van der Waals surface area contributed by atoms with E-state index in [0.717, 1.165) is 45.2 Å². The average molecular weight is 278 g/mol. The van der Waals surface area contributed by atoms with Crippen molar-refractivity contribution in [1.82, 2.24) is 4.90 Å². The first kappa shape index (κ1) is 14.9. The molecule has 0 fully saturated rings. The van der Waals surface area contributed by atoms with E-state index in [1.807, 2.05) is 11.8 Å². The van der Waals surface area contributed by atoms with Gasteiger partial charge in [0.25, 0.3) is 0 Å². The van der Waals surface area contributed by atoms with E-state index in [-0.39, 0.29) is 10.7 Å². The van der Waals surface area contributed by atoms with Gasteiger partial charge in [0.1, 0.15) is 0 Å². The van der Waals surface area contributed by atoms with Gasteiger partial charge in [-0.3, -0.25) is 4.79 Å². The SMILES string of the molecule is CCCCN(CCCC)C(=O)C(Br)CC. The lowest BCUT2D eigenvalue weighted by Crippen LogP contribution is -2.37. The van der Waals surface area contributed by atoms with Crippen LogP contribution in [0, 0.1) is 0 Å². The van der Waals surface area contributed by atoms with Crippen molar-refractivity contribution in [1.29, 1.82) is 0 Å². The van der Waals surface area contributed by atoms with E-state index in [0.29, 0.717) is 0 Å². The number of nitrogens with zero attached hydrogens (tertiary/aromatic N) is 1. The summed E-state index contributed by atoms with van der Waals surface area (Å²) in [5.74, 6) is 0.263. The molecule has 0 heterocycles. The Kier molecular flexibility index (Phi) is 9.17. The summed E-state index contributed by atoms with van der Waals surface area (Å²) in [4.78, 5) is 14.0. The van der Waals surface area contributed by atoms with Gasteiger partial charge in [0, 0.05) is 13.1 Å². The second-order valence-electron chi connectivity index (χ2n) is 3.91. The zero-order valence-electron chi connectivity index (χ0n) is 10.3. The maximum atomic E-state index is 12.0. The molecule has 15 heavy (non-hydrogen) atoms. The fourth-order valence-corrected chi connectivity index (χ4v) is 1.69. The van der Waals surface area contributed by atoms with Crippen LogP contribution in [0.25, 0.3) is 0 Å². The molecule has 0 aliphatic carbocycles. The zero-order valence-corrected chi connectivity index (χ0v) is 11.8. The van der Waals surface area contributed by atoms with Crippen LogP contribution in [0.3, 0.4) is 0 Å². The maximum absolute atomic E-state index is 12.0. The van der Waals surface area contributed by atoms with Crippen molar-refractivity contribution in [2.24, 2.45) is 0 Å². The lowest BCUT2D eigenvalue weighted by Gasteiger charge is -2.24. The van der Waals surface area contributed by atoms with Crippen LogP contribution in [0.1, 0.15) is 52.9 Å². The first-order valence-electron chi connectivity index (χ1n) is 6.10. The van der Waals surface area contributed by atoms with Crippen LogP contribution < -0.4 is 0 Å². The molecular weight excluding hydrogens is 254 g/mol. The number of amides is 1. The Hall–Kier alpha value is -0.0500. The van der Waals surface area contributed by atoms with Crippen molar-refractivity contribution in [3.8, 4) is 0 Å². The Morgan fingerprint density at radius 1 is 1.13 bits per heavy atom. The van der Waals surface area contributed by atoms with Gasteiger partial charge in [0.2, 0.25) is 5.91 Å². The fraction of sp³-hybridized carbons (Fsp3) is 0.917. The first-order chi connectivity index (χ1) is 7.17. The van der Waals surface area contributed by atoms with E-state index in [4.69, 9.17) is 0 Å². The summed E-state index contributed by atoms with van der Waals surface area (Å²) in [5, 5.41) is 0. The molecule has 0 rings (SSSR count). The molecule has 1 atom stereocenters. The third-order valence-electron chi connectivity index (χ3n) is 2.50. The van der Waals surface area contributed by atoms with Gasteiger partial charge in [0.05, 0.1) is 4.83 Å². The summed E-state index contributed by atoms with van der Waals surface area (Å²) < 4.78 is 0. The van der Waals surface area contributed by atoms with Crippen molar-refractivity contribution >= 4 is 21.8 Å². The normalized spacial score (nSPS) is 12.5. The third-order valence-corrected chi connectivity index (χ3v) is 3.54. The number of alkyl halides is 1. The number of halogens is 1. The molecule has 0 spiro atoms. The summed E-state index contributed by atoms with van der Waals surface area (Å²) in [6.45, 7) is 8.19. The molecule has 1 amide bonds. The van der Waals surface area contributed by atoms with Gasteiger partial charge < -0.3 is 4.90 Å². The number of carbonyl (C=O) groups excluding carboxylic acids is 1. The fourth-order valence-electron chi connectivity index (χ4n) is 1.40. The largest absolute Gasteiger partial charge is 0.342 e. The lowest BCUT2D eigenvalue weighted by atomic mass is 10.2. The van der Waals surface area contributed by atoms with E-state index < -0.39 is 0 Å². The summed E-state index contributed by atoms with van der Waals surface area (Å²) >= 11 is 3.44. The van der Waals surface area contributed by atoms with E-state index in [9.17, 15) is 4.79 Å². The van der Waals surface area contributed by atoms with Crippen LogP contribution in [0.15, 0.2) is 0 Å². The summed E-state index contributed by atoms with van der Waals surface area (Å²) in [6.07, 6.45) is 5.38. The minimum atomic E-state index is 0.00575. The van der Waals surface area contributed by atoms with E-state index in [1.165, 1.54) is 0 Å². The molecule has 2 nitrogen and oxygen atoms in total. The number of hydrogen-bond acceptors (Lipinski definition) is 1. The van der Waals surface area contributed by atoms with Crippen LogP contribution in [-0.4, -0.2) is 28.7 Å². The highest BCUT2D eigenvalue weighted by Gasteiger charge is 2.19. The molecule has 1 unspecified atom stereocenters. The molecule has 0 aliphatic heterocycles. The molecule has 0 aromatic rings. The maximum Gasteiger partial charge on any atom is 0.236 e.